The Morgan fingerprint density at radius 2 is 1.07 bits per heavy atom. The van der Waals surface area contributed by atoms with E-state index in [-0.39, 0.29) is 36.0 Å². The molecule has 0 saturated heterocycles. The van der Waals surface area contributed by atoms with Gasteiger partial charge in [-0.25, -0.2) is 0 Å². The molecule has 4 aromatic rings. The summed E-state index contributed by atoms with van der Waals surface area (Å²) in [6, 6.07) is 11.6. The Labute approximate surface area is 245 Å². The summed E-state index contributed by atoms with van der Waals surface area (Å²) in [5, 5.41) is 38.9. The molecule has 2 heterocycles. The Morgan fingerprint density at radius 1 is 0.667 bits per heavy atom. The van der Waals surface area contributed by atoms with Gasteiger partial charge in [0, 0.05) is 36.7 Å². The Bertz CT molecular complexity index is 1520. The number of hydrogen-bond acceptors (Lipinski definition) is 6. The minimum absolute atomic E-state index is 0.0305. The number of aryl methyl sites for hydroxylation is 4. The number of amides is 2. The summed E-state index contributed by atoms with van der Waals surface area (Å²) in [6.07, 6.45) is 5.58. The summed E-state index contributed by atoms with van der Waals surface area (Å²) in [4.78, 5) is 25.0. The van der Waals surface area contributed by atoms with Crippen LogP contribution in [-0.4, -0.2) is 31.2 Å². The van der Waals surface area contributed by atoms with E-state index in [0.717, 1.165) is 60.7 Å². The molecule has 0 spiro atoms. The van der Waals surface area contributed by atoms with E-state index < -0.39 is 11.8 Å². The van der Waals surface area contributed by atoms with Gasteiger partial charge in [0.1, 0.15) is 0 Å². The van der Waals surface area contributed by atoms with Crippen LogP contribution in [0.1, 0.15) is 76.3 Å². The van der Waals surface area contributed by atoms with Crippen molar-refractivity contribution in [2.75, 3.05) is 0 Å². The fourth-order valence-corrected chi connectivity index (χ4v) is 5.09. The zero-order chi connectivity index (χ0) is 30.2. The van der Waals surface area contributed by atoms with E-state index >= 15 is 0 Å². The van der Waals surface area contributed by atoms with Gasteiger partial charge in [-0.05, 0) is 51.0 Å². The lowest BCUT2D eigenvalue weighted by atomic mass is 10.1. The second-order valence-electron chi connectivity index (χ2n) is 10.8. The van der Waals surface area contributed by atoms with Gasteiger partial charge in [-0.15, -0.1) is 20.5 Å². The predicted octanol–water partition coefficient (Wildman–Crippen LogP) is 8.71. The molecule has 2 aromatic heterocycles. The van der Waals surface area contributed by atoms with Gasteiger partial charge >= 0.3 is 0 Å². The average Bonchev–Trinajstić information content (AvgIpc) is 3.38. The maximum Gasteiger partial charge on any atom is 0.265 e. The second-order valence-corrected chi connectivity index (χ2v) is 10.8. The molecule has 0 fully saturated rings. The average molecular weight is 573 g/mol. The highest BCUT2D eigenvalue weighted by atomic mass is 16.3. The zero-order valence-corrected chi connectivity index (χ0v) is 24.9. The summed E-state index contributed by atoms with van der Waals surface area (Å²) in [6.45, 7) is 9.40. The molecule has 2 amide bonds. The van der Waals surface area contributed by atoms with Crippen molar-refractivity contribution in [2.24, 2.45) is 20.5 Å². The minimum Gasteiger partial charge on any atom is -0.493 e. The van der Waals surface area contributed by atoms with Crippen molar-refractivity contribution >= 4 is 45.0 Å². The number of benzene rings is 2. The summed E-state index contributed by atoms with van der Waals surface area (Å²) >= 11 is 0. The lowest BCUT2D eigenvalue weighted by molar-refractivity contribution is -0.123. The van der Waals surface area contributed by atoms with E-state index in [9.17, 15) is 19.8 Å². The van der Waals surface area contributed by atoms with E-state index in [1.165, 1.54) is 0 Å². The number of carbonyl (C=O) groups is 2. The largest absolute Gasteiger partial charge is 0.493 e. The quantitative estimate of drug-likeness (QED) is 0.122. The highest BCUT2D eigenvalue weighted by molar-refractivity contribution is 5.97. The highest BCUT2D eigenvalue weighted by Crippen LogP contribution is 2.41. The number of rotatable bonds is 13. The summed E-state index contributed by atoms with van der Waals surface area (Å²) in [7, 11) is 0. The molecular formula is C32H40N6O4. The number of carbonyl (C=O) groups excluding carboxylic acids is 2. The van der Waals surface area contributed by atoms with Crippen LogP contribution in [0.15, 0.2) is 56.9 Å². The van der Waals surface area contributed by atoms with Crippen LogP contribution in [0.2, 0.25) is 0 Å². The summed E-state index contributed by atoms with van der Waals surface area (Å²) < 4.78 is 3.59. The van der Waals surface area contributed by atoms with Crippen molar-refractivity contribution < 1.29 is 19.8 Å². The van der Waals surface area contributed by atoms with Gasteiger partial charge in [-0.1, -0.05) is 62.8 Å². The van der Waals surface area contributed by atoms with Gasteiger partial charge in [0.25, 0.3) is 11.8 Å². The number of aromatic hydroxyl groups is 2. The molecule has 0 saturated carbocycles. The zero-order valence-electron chi connectivity index (χ0n) is 24.9. The van der Waals surface area contributed by atoms with Gasteiger partial charge in [0.05, 0.1) is 11.0 Å². The number of fused-ring (bicyclic) bond motifs is 2. The third-order valence-corrected chi connectivity index (χ3v) is 7.38. The third kappa shape index (κ3) is 6.92. The maximum atomic E-state index is 12.5. The van der Waals surface area contributed by atoms with Gasteiger partial charge < -0.3 is 19.3 Å². The molecule has 10 nitrogen and oxygen atoms in total. The van der Waals surface area contributed by atoms with E-state index in [2.05, 4.69) is 34.3 Å². The third-order valence-electron chi connectivity index (χ3n) is 7.38. The lowest BCUT2D eigenvalue weighted by Crippen LogP contribution is -1.98. The molecule has 0 aliphatic heterocycles. The molecule has 0 aliphatic carbocycles. The van der Waals surface area contributed by atoms with E-state index in [1.807, 2.05) is 50.2 Å². The fourth-order valence-electron chi connectivity index (χ4n) is 5.09. The van der Waals surface area contributed by atoms with E-state index in [1.54, 1.807) is 9.13 Å². The molecule has 0 radical (unpaired) electrons. The Hall–Kier alpha value is -4.34. The molecular weight excluding hydrogens is 532 g/mol. The second kappa shape index (κ2) is 14.0. The van der Waals surface area contributed by atoms with Crippen molar-refractivity contribution in [1.29, 1.82) is 0 Å². The molecule has 2 N–H and O–H groups in total. The first kappa shape index (κ1) is 30.6. The van der Waals surface area contributed by atoms with Crippen LogP contribution >= 0.6 is 0 Å². The Kier molecular flexibility index (Phi) is 10.2. The standard InChI is InChI=1S/C32H40N6O4/c1-5-7-9-17-37-25-13-11-21(3)19-23(25)29(31(37)41)35-33-27(39)15-16-28(40)34-36-30-24-20-22(4)12-14-26(24)38(32(30)42)18-10-8-6-2/h11-14,19-20,41-42H,5-10,15-18H2,1-4H3. The van der Waals surface area contributed by atoms with Crippen molar-refractivity contribution in [3.8, 4) is 11.8 Å². The van der Waals surface area contributed by atoms with Gasteiger partial charge in [0.15, 0.2) is 11.4 Å². The number of nitrogens with zero attached hydrogens (tertiary/aromatic N) is 6. The molecule has 4 rings (SSSR count). The van der Waals surface area contributed by atoms with Crippen molar-refractivity contribution in [2.45, 2.75) is 92.2 Å². The fraction of sp³-hybridized carbons (Fsp3) is 0.438. The van der Waals surface area contributed by atoms with Crippen molar-refractivity contribution in [3.63, 3.8) is 0 Å². The molecule has 2 aromatic carbocycles. The summed E-state index contributed by atoms with van der Waals surface area (Å²) in [5.41, 5.74) is 4.14. The van der Waals surface area contributed by atoms with Crippen LogP contribution in [0.4, 0.5) is 11.4 Å². The number of azo groups is 2. The van der Waals surface area contributed by atoms with Crippen molar-refractivity contribution in [1.82, 2.24) is 9.13 Å². The molecule has 0 bridgehead atoms. The topological polar surface area (TPSA) is 134 Å². The van der Waals surface area contributed by atoms with Crippen LogP contribution in [0.3, 0.4) is 0 Å². The van der Waals surface area contributed by atoms with Crippen LogP contribution in [0.25, 0.3) is 21.8 Å². The number of aromatic nitrogens is 2. The van der Waals surface area contributed by atoms with Gasteiger partial charge in [-0.3, -0.25) is 9.59 Å². The van der Waals surface area contributed by atoms with E-state index in [0.29, 0.717) is 23.9 Å². The summed E-state index contributed by atoms with van der Waals surface area (Å²) in [5.74, 6) is -1.28. The molecule has 0 aliphatic rings. The molecule has 42 heavy (non-hydrogen) atoms. The first-order chi connectivity index (χ1) is 20.2. The lowest BCUT2D eigenvalue weighted by Gasteiger charge is -2.06. The van der Waals surface area contributed by atoms with Crippen molar-refractivity contribution in [3.05, 3.63) is 47.5 Å². The molecule has 0 atom stereocenters. The highest BCUT2D eigenvalue weighted by Gasteiger charge is 2.19. The molecule has 0 unspecified atom stereocenters. The molecule has 222 valence electrons. The molecule has 10 heteroatoms. The predicted molar refractivity (Wildman–Crippen MR) is 164 cm³/mol. The number of unbranched alkanes of at least 4 members (excludes halogenated alkanes) is 4. The van der Waals surface area contributed by atoms with E-state index in [4.69, 9.17) is 0 Å². The van der Waals surface area contributed by atoms with Crippen LogP contribution < -0.4 is 0 Å². The van der Waals surface area contributed by atoms with Gasteiger partial charge in [0.2, 0.25) is 11.8 Å². The smallest absolute Gasteiger partial charge is 0.265 e. The van der Waals surface area contributed by atoms with Crippen LogP contribution in [0.5, 0.6) is 11.8 Å². The van der Waals surface area contributed by atoms with Crippen LogP contribution in [0, 0.1) is 13.8 Å². The van der Waals surface area contributed by atoms with Gasteiger partial charge in [-0.2, -0.15) is 0 Å². The SMILES string of the molecule is CCCCCn1c(O)c(N=NC(=O)CCC(=O)N=Nc2c(O)n(CCCCC)c3ccc(C)cc23)c2cc(C)ccc21. The Balaban J connectivity index is 1.45. The first-order valence-electron chi connectivity index (χ1n) is 14.8. The van der Waals surface area contributed by atoms with Crippen LogP contribution in [-0.2, 0) is 22.7 Å². The number of hydrogen-bond donors (Lipinski definition) is 2. The Morgan fingerprint density at radius 3 is 1.45 bits per heavy atom. The minimum atomic E-state index is -0.608. The normalized spacial score (nSPS) is 12.0. The maximum absolute atomic E-state index is 12.5. The first-order valence-corrected chi connectivity index (χ1v) is 14.8. The monoisotopic (exact) mass is 572 g/mol.